The number of benzene rings is 1. The van der Waals surface area contributed by atoms with Gasteiger partial charge < -0.3 is 14.6 Å². The molecule has 3 nitrogen and oxygen atoms in total. The normalized spacial score (nSPS) is 40.4. The number of hydrogen-bond donors (Lipinski definition) is 1. The fourth-order valence-corrected chi connectivity index (χ4v) is 6.22. The summed E-state index contributed by atoms with van der Waals surface area (Å²) < 4.78 is 5.41. The van der Waals surface area contributed by atoms with Gasteiger partial charge in [0.2, 0.25) is 0 Å². The molecule has 0 heterocycles. The zero-order chi connectivity index (χ0) is 16.9. The summed E-state index contributed by atoms with van der Waals surface area (Å²) in [5.41, 5.74) is 2.88. The smallest absolute Gasteiger partial charge is 0.120 e. The van der Waals surface area contributed by atoms with Gasteiger partial charge in [-0.15, -0.1) is 0 Å². The summed E-state index contributed by atoms with van der Waals surface area (Å²) >= 11 is 0. The summed E-state index contributed by atoms with van der Waals surface area (Å²) in [4.78, 5) is 11.3. The van der Waals surface area contributed by atoms with Crippen LogP contribution in [-0.4, -0.2) is 24.6 Å². The van der Waals surface area contributed by atoms with Gasteiger partial charge in [0, 0.05) is 6.42 Å². The quantitative estimate of drug-likeness (QED) is 0.860. The van der Waals surface area contributed by atoms with Gasteiger partial charge >= 0.3 is 0 Å². The van der Waals surface area contributed by atoms with E-state index in [2.05, 4.69) is 25.1 Å². The van der Waals surface area contributed by atoms with Gasteiger partial charge in [0.1, 0.15) is 12.0 Å². The van der Waals surface area contributed by atoms with Crippen LogP contribution in [0.4, 0.5) is 0 Å². The van der Waals surface area contributed by atoms with Crippen molar-refractivity contribution in [3.63, 3.8) is 0 Å². The van der Waals surface area contributed by atoms with Gasteiger partial charge in [0.05, 0.1) is 13.2 Å². The number of aliphatic hydroxyl groups excluding tert-OH is 1. The van der Waals surface area contributed by atoms with Crippen molar-refractivity contribution in [2.24, 2.45) is 23.2 Å². The van der Waals surface area contributed by atoms with Gasteiger partial charge in [0.15, 0.2) is 0 Å². The minimum absolute atomic E-state index is 0.0479. The highest BCUT2D eigenvalue weighted by Crippen LogP contribution is 2.62. The second kappa shape index (κ2) is 5.87. The molecule has 4 rings (SSSR count). The summed E-state index contributed by atoms with van der Waals surface area (Å²) in [6.45, 7) is 2.28. The molecular weight excluding hydrogens is 300 g/mol. The van der Waals surface area contributed by atoms with Crippen molar-refractivity contribution in [2.45, 2.75) is 57.5 Å². The fraction of sp³-hybridized carbons (Fsp3) is 0.667. The number of aliphatic hydroxyl groups is 1. The van der Waals surface area contributed by atoms with E-state index in [4.69, 9.17) is 4.74 Å². The highest BCUT2D eigenvalue weighted by Gasteiger charge is 2.56. The average Bonchev–Trinajstić information content (AvgIpc) is 2.89. The minimum Gasteiger partial charge on any atom is -0.497 e. The lowest BCUT2D eigenvalue weighted by atomic mass is 9.52. The monoisotopic (exact) mass is 328 g/mol. The molecule has 1 N–H and O–H groups in total. The first-order valence-corrected chi connectivity index (χ1v) is 9.37. The number of fused-ring (bicyclic) bond motifs is 5. The lowest BCUT2D eigenvalue weighted by Crippen LogP contribution is -2.47. The molecule has 130 valence electrons. The third-order valence-corrected chi connectivity index (χ3v) is 7.46. The summed E-state index contributed by atoms with van der Waals surface area (Å²) in [6.07, 6.45) is 6.80. The van der Waals surface area contributed by atoms with Gasteiger partial charge in [-0.25, -0.2) is 0 Å². The Hall–Kier alpha value is -1.35. The molecule has 4 unspecified atom stereocenters. The first-order valence-electron chi connectivity index (χ1n) is 9.37. The molecule has 0 amide bonds. The largest absolute Gasteiger partial charge is 0.497 e. The summed E-state index contributed by atoms with van der Waals surface area (Å²) in [5.74, 6) is 2.93. The molecule has 0 aromatic heterocycles. The zero-order valence-electron chi connectivity index (χ0n) is 14.7. The predicted molar refractivity (Wildman–Crippen MR) is 93.2 cm³/mol. The van der Waals surface area contributed by atoms with E-state index in [0.717, 1.165) is 44.1 Å². The van der Waals surface area contributed by atoms with E-state index in [9.17, 15) is 9.90 Å². The number of methoxy groups -OCH3 is 1. The van der Waals surface area contributed by atoms with E-state index < -0.39 is 0 Å². The molecule has 0 radical (unpaired) electrons. The number of carbonyl (C=O) groups is 1. The maximum absolute atomic E-state index is 11.3. The van der Waals surface area contributed by atoms with Crippen molar-refractivity contribution in [1.29, 1.82) is 0 Å². The van der Waals surface area contributed by atoms with Crippen molar-refractivity contribution < 1.29 is 14.6 Å². The Bertz CT molecular complexity index is 640. The highest BCUT2D eigenvalue weighted by atomic mass is 16.5. The predicted octanol–water partition coefficient (Wildman–Crippen LogP) is 3.73. The van der Waals surface area contributed by atoms with E-state index >= 15 is 0 Å². The molecule has 3 heteroatoms. The Kier molecular flexibility index (Phi) is 3.95. The molecule has 6 atom stereocenters. The lowest BCUT2D eigenvalue weighted by Gasteiger charge is -2.53. The maximum atomic E-state index is 11.3. The SMILES string of the molecule is COc1ccc2c(c1)CC(CC=O)C1C2CC[C@@]2(C)C1CC[C@@H]2O. The van der Waals surface area contributed by atoms with Crippen molar-refractivity contribution in [3.05, 3.63) is 29.3 Å². The first-order chi connectivity index (χ1) is 11.6. The Morgan fingerprint density at radius 1 is 1.33 bits per heavy atom. The van der Waals surface area contributed by atoms with Crippen molar-refractivity contribution in [3.8, 4) is 5.75 Å². The summed E-state index contributed by atoms with van der Waals surface area (Å²) in [5, 5.41) is 10.6. The van der Waals surface area contributed by atoms with Crippen LogP contribution in [0.3, 0.4) is 0 Å². The molecule has 2 fully saturated rings. The third kappa shape index (κ3) is 2.24. The Labute approximate surface area is 144 Å². The molecule has 24 heavy (non-hydrogen) atoms. The Morgan fingerprint density at radius 3 is 2.92 bits per heavy atom. The van der Waals surface area contributed by atoms with E-state index in [1.54, 1.807) is 7.11 Å². The summed E-state index contributed by atoms with van der Waals surface area (Å²) in [7, 11) is 1.71. The maximum Gasteiger partial charge on any atom is 0.120 e. The fourth-order valence-electron chi connectivity index (χ4n) is 6.22. The molecular formula is C21H28O3. The molecule has 2 saturated carbocycles. The number of hydrogen-bond acceptors (Lipinski definition) is 3. The first kappa shape index (κ1) is 16.1. The average molecular weight is 328 g/mol. The number of rotatable bonds is 3. The Morgan fingerprint density at radius 2 is 2.17 bits per heavy atom. The van der Waals surface area contributed by atoms with Crippen LogP contribution < -0.4 is 4.74 Å². The van der Waals surface area contributed by atoms with E-state index in [0.29, 0.717) is 30.1 Å². The van der Waals surface area contributed by atoms with Crippen LogP contribution in [0.25, 0.3) is 0 Å². The van der Waals surface area contributed by atoms with Crippen molar-refractivity contribution in [1.82, 2.24) is 0 Å². The van der Waals surface area contributed by atoms with Gasteiger partial charge in [0.25, 0.3) is 0 Å². The van der Waals surface area contributed by atoms with Crippen LogP contribution >= 0.6 is 0 Å². The van der Waals surface area contributed by atoms with Gasteiger partial charge in [-0.2, -0.15) is 0 Å². The standard InChI is InChI=1S/C21H28O3/c1-21-9-7-17-16-4-3-15(24-2)12-14(16)11-13(8-10-22)20(17)18(21)5-6-19(21)23/h3-4,10,12-13,17-20,23H,5-9,11H2,1-2H3/t13?,17?,18?,19-,20?,21-/m0/s1. The van der Waals surface area contributed by atoms with Gasteiger partial charge in [-0.05, 0) is 84.5 Å². The van der Waals surface area contributed by atoms with Crippen molar-refractivity contribution >= 4 is 6.29 Å². The van der Waals surface area contributed by atoms with Crippen LogP contribution in [0.15, 0.2) is 18.2 Å². The van der Waals surface area contributed by atoms with Gasteiger partial charge in [-0.1, -0.05) is 13.0 Å². The Balaban J connectivity index is 1.76. The van der Waals surface area contributed by atoms with E-state index in [1.807, 2.05) is 0 Å². The summed E-state index contributed by atoms with van der Waals surface area (Å²) in [6, 6.07) is 6.49. The second-order valence-corrected chi connectivity index (χ2v) is 8.36. The zero-order valence-corrected chi connectivity index (χ0v) is 14.7. The number of carbonyl (C=O) groups excluding carboxylic acids is 1. The molecule has 0 bridgehead atoms. The van der Waals surface area contributed by atoms with Crippen LogP contribution in [0.1, 0.15) is 56.1 Å². The topological polar surface area (TPSA) is 46.5 Å². The van der Waals surface area contributed by atoms with Crippen LogP contribution in [-0.2, 0) is 11.2 Å². The van der Waals surface area contributed by atoms with Crippen molar-refractivity contribution in [2.75, 3.05) is 7.11 Å². The molecule has 3 aliphatic carbocycles. The third-order valence-electron chi connectivity index (χ3n) is 7.46. The minimum atomic E-state index is -0.169. The number of aldehydes is 1. The number of ether oxygens (including phenoxy) is 1. The second-order valence-electron chi connectivity index (χ2n) is 8.36. The van der Waals surface area contributed by atoms with Gasteiger partial charge in [-0.3, -0.25) is 0 Å². The van der Waals surface area contributed by atoms with E-state index in [1.165, 1.54) is 11.1 Å². The van der Waals surface area contributed by atoms with Crippen LogP contribution in [0.5, 0.6) is 5.75 Å². The van der Waals surface area contributed by atoms with Crippen LogP contribution in [0, 0.1) is 23.2 Å². The van der Waals surface area contributed by atoms with E-state index in [-0.39, 0.29) is 11.5 Å². The molecule has 1 aromatic rings. The molecule has 0 saturated heterocycles. The molecule has 0 spiro atoms. The molecule has 0 aliphatic heterocycles. The molecule has 1 aromatic carbocycles. The molecule has 3 aliphatic rings. The lowest BCUT2D eigenvalue weighted by molar-refractivity contribution is -0.110. The highest BCUT2D eigenvalue weighted by molar-refractivity contribution is 5.51. The van der Waals surface area contributed by atoms with Crippen LogP contribution in [0.2, 0.25) is 0 Å².